The average Bonchev–Trinajstić information content (AvgIpc) is 0.872. The van der Waals surface area contributed by atoms with Crippen LogP contribution in [0.4, 0.5) is 0 Å². The van der Waals surface area contributed by atoms with E-state index in [9.17, 15) is 0 Å². The second-order valence-electron chi connectivity index (χ2n) is 22.6. The van der Waals surface area contributed by atoms with Crippen LogP contribution in [0.2, 0.25) is 0 Å². The van der Waals surface area contributed by atoms with E-state index in [1.807, 2.05) is 177 Å². The summed E-state index contributed by atoms with van der Waals surface area (Å²) in [7, 11) is 0. The van der Waals surface area contributed by atoms with E-state index in [-0.39, 0.29) is 0 Å². The zero-order valence-electron chi connectivity index (χ0n) is 52.9. The minimum atomic E-state index is 0.750. The van der Waals surface area contributed by atoms with Gasteiger partial charge in [0.2, 0.25) is 0 Å². The first-order valence-corrected chi connectivity index (χ1v) is 31.4. The molecule has 15 aromatic rings. The maximum atomic E-state index is 4.85. The van der Waals surface area contributed by atoms with Gasteiger partial charge in [0.05, 0.1) is 45.6 Å². The predicted molar refractivity (Wildman–Crippen MR) is 387 cm³/mol. The highest BCUT2D eigenvalue weighted by molar-refractivity contribution is 5.76. The van der Waals surface area contributed by atoms with Crippen molar-refractivity contribution in [1.82, 2.24) is 39.9 Å². The van der Waals surface area contributed by atoms with Crippen LogP contribution in [0.25, 0.3) is 124 Å². The summed E-state index contributed by atoms with van der Waals surface area (Å²) in [5.74, 6) is 3.06. The van der Waals surface area contributed by atoms with Crippen molar-refractivity contribution in [2.45, 2.75) is 27.7 Å². The molecule has 0 bridgehead atoms. The minimum absolute atomic E-state index is 0.750. The molecule has 94 heavy (non-hydrogen) atoms. The van der Waals surface area contributed by atoms with E-state index in [1.165, 1.54) is 16.7 Å². The Bertz CT molecular complexity index is 4650. The summed E-state index contributed by atoms with van der Waals surface area (Å²) in [5.41, 5.74) is 23.1. The fourth-order valence-electron chi connectivity index (χ4n) is 10.7. The Kier molecular flexibility index (Phi) is 20.1. The zero-order valence-corrected chi connectivity index (χ0v) is 52.9. The lowest BCUT2D eigenvalue weighted by atomic mass is 10.0. The Balaban J connectivity index is 0.000000121. The number of hydrogen-bond donors (Lipinski definition) is 0. The van der Waals surface area contributed by atoms with E-state index in [4.69, 9.17) is 29.9 Å². The Hall–Kier alpha value is -12.3. The lowest BCUT2D eigenvalue weighted by Crippen LogP contribution is -1.97. The molecule has 0 N–H and O–H groups in total. The van der Waals surface area contributed by atoms with Gasteiger partial charge in [-0.1, -0.05) is 321 Å². The molecule has 4 aromatic heterocycles. The van der Waals surface area contributed by atoms with Crippen LogP contribution in [0.15, 0.2) is 340 Å². The maximum absolute atomic E-state index is 4.85. The number of rotatable bonds is 11. The average molecular weight is 1210 g/mol. The molecule has 11 aromatic carbocycles. The molecule has 0 saturated heterocycles. The van der Waals surface area contributed by atoms with Crippen molar-refractivity contribution < 1.29 is 0 Å². The predicted octanol–water partition coefficient (Wildman–Crippen LogP) is 21.5. The molecule has 0 amide bonds. The van der Waals surface area contributed by atoms with Gasteiger partial charge in [-0.15, -0.1) is 0 Å². The van der Waals surface area contributed by atoms with Crippen LogP contribution in [-0.2, 0) is 0 Å². The number of hydrogen-bond acceptors (Lipinski definition) is 8. The molecule has 4 heterocycles. The fraction of sp³-hybridized carbons (Fsp3) is 0.0465. The van der Waals surface area contributed by atoms with Gasteiger partial charge >= 0.3 is 0 Å². The molecular weight excluding hydrogens is 1150 g/mol. The van der Waals surface area contributed by atoms with Crippen molar-refractivity contribution >= 4 is 0 Å². The molecule has 0 unspecified atom stereocenters. The topological polar surface area (TPSA) is 103 Å². The Morgan fingerprint density at radius 1 is 0.170 bits per heavy atom. The molecule has 452 valence electrons. The molecule has 0 spiro atoms. The number of aryl methyl sites for hydroxylation is 4. The molecule has 0 saturated carbocycles. The van der Waals surface area contributed by atoms with Gasteiger partial charge in [0.25, 0.3) is 0 Å². The molecule has 8 heteroatoms. The molecule has 0 radical (unpaired) electrons. The molecule has 0 fully saturated rings. The van der Waals surface area contributed by atoms with Crippen LogP contribution < -0.4 is 0 Å². The van der Waals surface area contributed by atoms with Crippen LogP contribution in [0.5, 0.6) is 0 Å². The standard InChI is InChI=1S/3C23H18N2.C17H14N2/c1-17-10-8-9-15-20(17)23-24-21(18-11-4-2-5-12-18)16-22(25-23)19-13-6-3-7-14-19;1-17-9-8-14-20(15-17)23-24-21(18-10-4-2-5-11-18)16-22(25-23)19-12-6-3-7-13-19;1-17-12-14-20(15-13-17)23-24-21(18-8-4-2-5-9-18)16-22(25-23)19-10-6-3-7-11-19;1-13-18-16(14-8-4-2-5-9-14)12-17(19-13)15-10-6-3-7-11-15/h3*2-16H,1H3;2-12H,1H3. The molecule has 0 aliphatic rings. The van der Waals surface area contributed by atoms with E-state index >= 15 is 0 Å². The van der Waals surface area contributed by atoms with E-state index in [0.717, 1.165) is 130 Å². The Morgan fingerprint density at radius 3 is 0.723 bits per heavy atom. The molecular formula is C86H68N8. The van der Waals surface area contributed by atoms with Gasteiger partial charge in [-0.3, -0.25) is 0 Å². The maximum Gasteiger partial charge on any atom is 0.160 e. The van der Waals surface area contributed by atoms with Gasteiger partial charge in [0, 0.05) is 61.2 Å². The number of nitrogens with zero attached hydrogens (tertiary/aromatic N) is 8. The summed E-state index contributed by atoms with van der Waals surface area (Å²) in [6.07, 6.45) is 0. The Labute approximate surface area is 550 Å². The van der Waals surface area contributed by atoms with Gasteiger partial charge in [0.15, 0.2) is 17.5 Å². The van der Waals surface area contributed by atoms with E-state index < -0.39 is 0 Å². The first kappa shape index (κ1) is 62.0. The summed E-state index contributed by atoms with van der Waals surface area (Å²) in [6, 6.07) is 115. The third-order valence-electron chi connectivity index (χ3n) is 15.5. The quantitative estimate of drug-likeness (QED) is 0.126. The third-order valence-corrected chi connectivity index (χ3v) is 15.5. The molecule has 0 aliphatic heterocycles. The second-order valence-corrected chi connectivity index (χ2v) is 22.6. The van der Waals surface area contributed by atoms with Crippen LogP contribution in [0.1, 0.15) is 22.5 Å². The largest absolute Gasteiger partial charge is 0.233 e. The van der Waals surface area contributed by atoms with Crippen LogP contribution in [0.3, 0.4) is 0 Å². The molecule has 8 nitrogen and oxygen atoms in total. The van der Waals surface area contributed by atoms with E-state index in [1.54, 1.807) is 0 Å². The van der Waals surface area contributed by atoms with Crippen molar-refractivity contribution in [3.63, 3.8) is 0 Å². The van der Waals surface area contributed by atoms with Gasteiger partial charge < -0.3 is 0 Å². The van der Waals surface area contributed by atoms with Crippen LogP contribution >= 0.6 is 0 Å². The van der Waals surface area contributed by atoms with E-state index in [0.29, 0.717) is 0 Å². The van der Waals surface area contributed by atoms with Gasteiger partial charge in [-0.05, 0) is 63.6 Å². The van der Waals surface area contributed by atoms with Crippen molar-refractivity contribution in [3.05, 3.63) is 362 Å². The molecule has 0 aliphatic carbocycles. The summed E-state index contributed by atoms with van der Waals surface area (Å²) in [5, 5.41) is 0. The zero-order chi connectivity index (χ0) is 64.3. The van der Waals surface area contributed by atoms with Crippen LogP contribution in [-0.4, -0.2) is 39.9 Å². The minimum Gasteiger partial charge on any atom is -0.233 e. The lowest BCUT2D eigenvalue weighted by molar-refractivity contribution is 1.06. The number of benzene rings is 11. The summed E-state index contributed by atoms with van der Waals surface area (Å²) in [4.78, 5) is 38.0. The SMILES string of the molecule is Cc1ccc(-c2nc(-c3ccccc3)cc(-c3ccccc3)n2)cc1.Cc1cccc(-c2nc(-c3ccccc3)cc(-c3ccccc3)n2)c1.Cc1ccccc1-c1nc(-c2ccccc2)cc(-c2ccccc2)n1.Cc1nc(-c2ccccc2)cc(-c2ccccc2)n1. The third kappa shape index (κ3) is 16.2. The van der Waals surface area contributed by atoms with Gasteiger partial charge in [-0.2, -0.15) is 0 Å². The Morgan fingerprint density at radius 2 is 0.426 bits per heavy atom. The normalized spacial score (nSPS) is 10.6. The van der Waals surface area contributed by atoms with Gasteiger partial charge in [-0.25, -0.2) is 39.9 Å². The van der Waals surface area contributed by atoms with Crippen molar-refractivity contribution in [2.75, 3.05) is 0 Å². The van der Waals surface area contributed by atoms with Crippen molar-refractivity contribution in [3.8, 4) is 124 Å². The monoisotopic (exact) mass is 1210 g/mol. The second kappa shape index (κ2) is 30.5. The highest BCUT2D eigenvalue weighted by Crippen LogP contribution is 2.32. The van der Waals surface area contributed by atoms with Crippen LogP contribution in [0, 0.1) is 27.7 Å². The summed E-state index contributed by atoms with van der Waals surface area (Å²) in [6.45, 7) is 8.19. The van der Waals surface area contributed by atoms with E-state index in [2.05, 4.69) is 201 Å². The molecule has 0 atom stereocenters. The van der Waals surface area contributed by atoms with Crippen molar-refractivity contribution in [2.24, 2.45) is 0 Å². The van der Waals surface area contributed by atoms with Gasteiger partial charge in [0.1, 0.15) is 5.82 Å². The number of aromatic nitrogens is 8. The fourth-order valence-corrected chi connectivity index (χ4v) is 10.7. The highest BCUT2D eigenvalue weighted by atomic mass is 14.9. The lowest BCUT2D eigenvalue weighted by Gasteiger charge is -2.10. The summed E-state index contributed by atoms with van der Waals surface area (Å²) >= 11 is 0. The first-order chi connectivity index (χ1) is 46.2. The van der Waals surface area contributed by atoms with Crippen molar-refractivity contribution in [1.29, 1.82) is 0 Å². The smallest absolute Gasteiger partial charge is 0.160 e. The molecule has 15 rings (SSSR count). The first-order valence-electron chi connectivity index (χ1n) is 31.4. The highest BCUT2D eigenvalue weighted by Gasteiger charge is 2.15. The summed E-state index contributed by atoms with van der Waals surface area (Å²) < 4.78 is 0.